The first kappa shape index (κ1) is 18.8. The van der Waals surface area contributed by atoms with Crippen LogP contribution in [0.15, 0.2) is 65.3 Å². The van der Waals surface area contributed by atoms with Crippen LogP contribution in [-0.2, 0) is 11.2 Å². The molecule has 3 aromatic rings. The number of likely N-dealkylation sites (N-methyl/N-ethyl adjacent to an activating group) is 1. The van der Waals surface area contributed by atoms with Crippen LogP contribution in [0.3, 0.4) is 0 Å². The zero-order valence-corrected chi connectivity index (χ0v) is 16.5. The first-order valence-corrected chi connectivity index (χ1v) is 10.2. The molecule has 0 aliphatic carbocycles. The zero-order valence-electron chi connectivity index (χ0n) is 16.5. The predicted octanol–water partition coefficient (Wildman–Crippen LogP) is 4.66. The summed E-state index contributed by atoms with van der Waals surface area (Å²) in [6, 6.07) is 18.3. The SMILES string of the molecule is CN(C(=O)Cc1cccc2occc12)[C@H](CN1CCCCC1)c1ccccc1. The summed E-state index contributed by atoms with van der Waals surface area (Å²) in [6.07, 6.45) is 5.89. The molecule has 4 rings (SSSR count). The molecular weight excluding hydrogens is 348 g/mol. The van der Waals surface area contributed by atoms with Crippen LogP contribution in [0.25, 0.3) is 11.0 Å². The topological polar surface area (TPSA) is 36.7 Å². The zero-order chi connectivity index (χ0) is 19.3. The van der Waals surface area contributed by atoms with E-state index >= 15 is 0 Å². The number of carbonyl (C=O) groups excluding carboxylic acids is 1. The summed E-state index contributed by atoms with van der Waals surface area (Å²) in [5.41, 5.74) is 3.05. The van der Waals surface area contributed by atoms with Crippen LogP contribution >= 0.6 is 0 Å². The predicted molar refractivity (Wildman–Crippen MR) is 112 cm³/mol. The average molecular weight is 377 g/mol. The second kappa shape index (κ2) is 8.61. The van der Waals surface area contributed by atoms with E-state index < -0.39 is 0 Å². The minimum absolute atomic E-state index is 0.0651. The van der Waals surface area contributed by atoms with Gasteiger partial charge >= 0.3 is 0 Å². The third-order valence-electron chi connectivity index (χ3n) is 5.85. The van der Waals surface area contributed by atoms with Crippen LogP contribution in [0.5, 0.6) is 0 Å². The van der Waals surface area contributed by atoms with Gasteiger partial charge in [-0.1, -0.05) is 48.9 Å². The van der Waals surface area contributed by atoms with E-state index in [0.29, 0.717) is 6.42 Å². The maximum atomic E-state index is 13.2. The van der Waals surface area contributed by atoms with Crippen molar-refractivity contribution in [3.63, 3.8) is 0 Å². The minimum Gasteiger partial charge on any atom is -0.464 e. The van der Waals surface area contributed by atoms with E-state index in [1.54, 1.807) is 6.26 Å². The van der Waals surface area contributed by atoms with Gasteiger partial charge in [0.2, 0.25) is 5.91 Å². The number of hydrogen-bond donors (Lipinski definition) is 0. The molecular formula is C24H28N2O2. The number of piperidine rings is 1. The Bertz CT molecular complexity index is 913. The largest absolute Gasteiger partial charge is 0.464 e. The van der Waals surface area contributed by atoms with Gasteiger partial charge in [0.1, 0.15) is 5.58 Å². The van der Waals surface area contributed by atoms with Crippen LogP contribution in [0.2, 0.25) is 0 Å². The molecule has 2 aromatic carbocycles. The Morgan fingerprint density at radius 2 is 1.82 bits per heavy atom. The Kier molecular flexibility index (Phi) is 5.77. The molecule has 0 spiro atoms. The molecule has 2 heterocycles. The fraction of sp³-hybridized carbons (Fsp3) is 0.375. The van der Waals surface area contributed by atoms with E-state index in [1.807, 2.05) is 42.3 Å². The van der Waals surface area contributed by atoms with E-state index in [4.69, 9.17) is 4.42 Å². The molecule has 4 heteroatoms. The molecule has 0 bridgehead atoms. The summed E-state index contributed by atoms with van der Waals surface area (Å²) in [4.78, 5) is 17.6. The maximum Gasteiger partial charge on any atom is 0.227 e. The maximum absolute atomic E-state index is 13.2. The molecule has 0 saturated carbocycles. The van der Waals surface area contributed by atoms with Crippen LogP contribution < -0.4 is 0 Å². The number of rotatable bonds is 6. The lowest BCUT2D eigenvalue weighted by Gasteiger charge is -2.35. The van der Waals surface area contributed by atoms with Gasteiger partial charge in [-0.05, 0) is 49.2 Å². The molecule has 1 atom stereocenters. The van der Waals surface area contributed by atoms with Crippen molar-refractivity contribution in [3.05, 3.63) is 72.0 Å². The van der Waals surface area contributed by atoms with Crippen molar-refractivity contribution in [2.24, 2.45) is 0 Å². The molecule has 4 nitrogen and oxygen atoms in total. The van der Waals surface area contributed by atoms with Crippen LogP contribution in [-0.4, -0.2) is 42.4 Å². The Labute approximate surface area is 166 Å². The summed E-state index contributed by atoms with van der Waals surface area (Å²) in [6.45, 7) is 3.14. The Hall–Kier alpha value is -2.59. The highest BCUT2D eigenvalue weighted by Gasteiger charge is 2.25. The number of fused-ring (bicyclic) bond motifs is 1. The summed E-state index contributed by atoms with van der Waals surface area (Å²) >= 11 is 0. The molecule has 1 aromatic heterocycles. The van der Waals surface area contributed by atoms with Crippen molar-refractivity contribution in [1.82, 2.24) is 9.80 Å². The van der Waals surface area contributed by atoms with Gasteiger partial charge in [-0.15, -0.1) is 0 Å². The second-order valence-electron chi connectivity index (χ2n) is 7.72. The number of benzene rings is 2. The number of carbonyl (C=O) groups is 1. The van der Waals surface area contributed by atoms with Gasteiger partial charge in [0.15, 0.2) is 0 Å². The highest BCUT2D eigenvalue weighted by atomic mass is 16.3. The second-order valence-corrected chi connectivity index (χ2v) is 7.72. The van der Waals surface area contributed by atoms with Crippen LogP contribution in [0.1, 0.15) is 36.4 Å². The van der Waals surface area contributed by atoms with E-state index in [9.17, 15) is 4.79 Å². The van der Waals surface area contributed by atoms with E-state index in [0.717, 1.165) is 36.2 Å². The number of furan rings is 1. The highest BCUT2D eigenvalue weighted by Crippen LogP contribution is 2.25. The quantitative estimate of drug-likeness (QED) is 0.628. The molecule has 0 unspecified atom stereocenters. The van der Waals surface area contributed by atoms with Gasteiger partial charge in [0.05, 0.1) is 18.7 Å². The smallest absolute Gasteiger partial charge is 0.227 e. The first-order chi connectivity index (χ1) is 13.7. The number of likely N-dealkylation sites (tertiary alicyclic amines) is 1. The Morgan fingerprint density at radius 1 is 1.04 bits per heavy atom. The first-order valence-electron chi connectivity index (χ1n) is 10.2. The van der Waals surface area contributed by atoms with E-state index in [1.165, 1.54) is 24.8 Å². The van der Waals surface area contributed by atoms with Crippen LogP contribution in [0, 0.1) is 0 Å². The lowest BCUT2D eigenvalue weighted by molar-refractivity contribution is -0.131. The van der Waals surface area contributed by atoms with Crippen molar-refractivity contribution in [2.75, 3.05) is 26.7 Å². The lowest BCUT2D eigenvalue weighted by atomic mass is 10.0. The summed E-state index contributed by atoms with van der Waals surface area (Å²) in [5, 5.41) is 1.02. The van der Waals surface area contributed by atoms with Gasteiger partial charge in [0, 0.05) is 19.0 Å². The van der Waals surface area contributed by atoms with Crippen molar-refractivity contribution in [2.45, 2.75) is 31.7 Å². The molecule has 28 heavy (non-hydrogen) atoms. The summed E-state index contributed by atoms with van der Waals surface area (Å²) in [5.74, 6) is 0.138. The molecule has 0 N–H and O–H groups in total. The molecule has 0 radical (unpaired) electrons. The van der Waals surface area contributed by atoms with Gasteiger partial charge in [0.25, 0.3) is 0 Å². The normalized spacial score (nSPS) is 16.2. The molecule has 1 fully saturated rings. The van der Waals surface area contributed by atoms with Crippen molar-refractivity contribution >= 4 is 16.9 Å². The van der Waals surface area contributed by atoms with E-state index in [-0.39, 0.29) is 11.9 Å². The van der Waals surface area contributed by atoms with Crippen molar-refractivity contribution in [1.29, 1.82) is 0 Å². The van der Waals surface area contributed by atoms with Crippen molar-refractivity contribution < 1.29 is 9.21 Å². The van der Waals surface area contributed by atoms with Gasteiger partial charge in [-0.2, -0.15) is 0 Å². The fourth-order valence-corrected chi connectivity index (χ4v) is 4.19. The summed E-state index contributed by atoms with van der Waals surface area (Å²) < 4.78 is 5.49. The van der Waals surface area contributed by atoms with E-state index in [2.05, 4.69) is 29.2 Å². The van der Waals surface area contributed by atoms with Gasteiger partial charge in [-0.3, -0.25) is 4.79 Å². The highest BCUT2D eigenvalue weighted by molar-refractivity contribution is 5.87. The minimum atomic E-state index is 0.0651. The van der Waals surface area contributed by atoms with Crippen LogP contribution in [0.4, 0.5) is 0 Å². The lowest BCUT2D eigenvalue weighted by Crippen LogP contribution is -2.41. The van der Waals surface area contributed by atoms with Crippen molar-refractivity contribution in [3.8, 4) is 0 Å². The number of amides is 1. The summed E-state index contributed by atoms with van der Waals surface area (Å²) in [7, 11) is 1.94. The molecule has 1 aliphatic rings. The number of hydrogen-bond acceptors (Lipinski definition) is 3. The standard InChI is InChI=1S/C24H28N2O2/c1-25(24(27)17-20-11-8-12-23-21(20)13-16-28-23)22(19-9-4-2-5-10-19)18-26-14-6-3-7-15-26/h2,4-5,8-13,16,22H,3,6-7,14-15,17-18H2,1H3/t22-/m1/s1. The molecule has 1 aliphatic heterocycles. The third kappa shape index (κ3) is 4.12. The number of nitrogens with zero attached hydrogens (tertiary/aromatic N) is 2. The van der Waals surface area contributed by atoms with Gasteiger partial charge in [-0.25, -0.2) is 0 Å². The molecule has 1 amide bonds. The fourth-order valence-electron chi connectivity index (χ4n) is 4.19. The molecule has 1 saturated heterocycles. The Balaban J connectivity index is 1.54. The average Bonchev–Trinajstić information content (AvgIpc) is 3.23. The van der Waals surface area contributed by atoms with Gasteiger partial charge < -0.3 is 14.2 Å². The monoisotopic (exact) mass is 376 g/mol. The molecule has 146 valence electrons. The Morgan fingerprint density at radius 3 is 2.61 bits per heavy atom. The third-order valence-corrected chi connectivity index (χ3v) is 5.85.